The Hall–Kier alpha value is -3.47. The van der Waals surface area contributed by atoms with E-state index >= 15 is 0 Å². The Morgan fingerprint density at radius 2 is 1.49 bits per heavy atom. The number of benzene rings is 4. The van der Waals surface area contributed by atoms with Gasteiger partial charge in [0.2, 0.25) is 5.91 Å². The number of hydrogen-bond donors (Lipinski definition) is 2. The zero-order chi connectivity index (χ0) is 28.1. The number of hydrogen-bond acceptors (Lipinski definition) is 6. The van der Waals surface area contributed by atoms with Crippen LogP contribution in [0.4, 0.5) is 5.69 Å². The molecular weight excluding hydrogens is 565 g/mol. The predicted octanol–water partition coefficient (Wildman–Crippen LogP) is 5.14. The van der Waals surface area contributed by atoms with Crippen LogP contribution in [0.15, 0.2) is 118 Å². The Bertz CT molecular complexity index is 1720. The van der Waals surface area contributed by atoms with Crippen LogP contribution in [-0.4, -0.2) is 55.0 Å². The molecule has 1 aliphatic rings. The van der Waals surface area contributed by atoms with Gasteiger partial charge >= 0.3 is 29.6 Å². The van der Waals surface area contributed by atoms with Gasteiger partial charge in [-0.1, -0.05) is 84.4 Å². The van der Waals surface area contributed by atoms with Crippen molar-refractivity contribution in [2.75, 3.05) is 5.32 Å². The molecule has 202 valence electrons. The number of aryl methyl sites for hydroxylation is 1. The second-order valence-electron chi connectivity index (χ2n) is 9.16. The van der Waals surface area contributed by atoms with Crippen LogP contribution in [-0.2, 0) is 26.0 Å². The third kappa shape index (κ3) is 8.06. The first-order valence-electron chi connectivity index (χ1n) is 12.4. The molecule has 4 aromatic carbocycles. The Kier molecular flexibility index (Phi) is 10.0. The van der Waals surface area contributed by atoms with Gasteiger partial charge in [-0.3, -0.25) is 9.59 Å². The van der Waals surface area contributed by atoms with Crippen molar-refractivity contribution in [2.24, 2.45) is 4.99 Å². The number of rotatable bonds is 7. The molecule has 7 nitrogen and oxygen atoms in total. The van der Waals surface area contributed by atoms with Crippen molar-refractivity contribution in [1.82, 2.24) is 4.72 Å². The maximum atomic E-state index is 12.5. The van der Waals surface area contributed by atoms with Crippen molar-refractivity contribution in [2.45, 2.75) is 18.2 Å². The average Bonchev–Trinajstić information content (AvgIpc) is 3.28. The molecule has 0 atom stereocenters. The van der Waals surface area contributed by atoms with E-state index in [1.165, 1.54) is 23.9 Å². The van der Waals surface area contributed by atoms with Gasteiger partial charge in [0.25, 0.3) is 15.9 Å². The minimum absolute atomic E-state index is 0. The summed E-state index contributed by atoms with van der Waals surface area (Å²) in [6, 6.07) is 31.2. The number of anilines is 1. The number of aliphatic imine (C=N–C) groups is 1. The first-order chi connectivity index (χ1) is 19.2. The fourth-order valence-electron chi connectivity index (χ4n) is 3.99. The number of thioether (sulfide) groups is 1. The van der Waals surface area contributed by atoms with E-state index in [4.69, 9.17) is 0 Å². The average molecular weight is 592 g/mol. The molecule has 41 heavy (non-hydrogen) atoms. The van der Waals surface area contributed by atoms with E-state index in [-0.39, 0.29) is 46.8 Å². The van der Waals surface area contributed by atoms with Crippen molar-refractivity contribution in [3.63, 3.8) is 0 Å². The molecule has 0 spiro atoms. The van der Waals surface area contributed by atoms with Crippen LogP contribution < -0.4 is 10.0 Å². The molecular formula is C31H26N3NaO4S2. The first-order valence-corrected chi connectivity index (χ1v) is 14.7. The molecule has 0 aliphatic carbocycles. The molecule has 2 amide bonds. The summed E-state index contributed by atoms with van der Waals surface area (Å²) in [5.74, 6) is -0.947. The molecule has 0 unspecified atom stereocenters. The summed E-state index contributed by atoms with van der Waals surface area (Å²) >= 11 is 1.25. The molecule has 0 saturated heterocycles. The predicted molar refractivity (Wildman–Crippen MR) is 167 cm³/mol. The molecule has 1 aliphatic heterocycles. The molecule has 5 rings (SSSR count). The van der Waals surface area contributed by atoms with Gasteiger partial charge < -0.3 is 5.32 Å². The van der Waals surface area contributed by atoms with Crippen LogP contribution in [0, 0.1) is 6.92 Å². The van der Waals surface area contributed by atoms with Crippen LogP contribution in [0.3, 0.4) is 0 Å². The molecule has 0 bridgehead atoms. The molecule has 0 saturated carbocycles. The number of nitrogens with one attached hydrogen (secondary N) is 2. The molecule has 4 aromatic rings. The van der Waals surface area contributed by atoms with E-state index in [2.05, 4.69) is 15.0 Å². The van der Waals surface area contributed by atoms with Gasteiger partial charge in [0.05, 0.1) is 16.2 Å². The van der Waals surface area contributed by atoms with E-state index < -0.39 is 15.9 Å². The molecule has 0 fully saturated rings. The zero-order valence-corrected chi connectivity index (χ0v) is 23.1. The summed E-state index contributed by atoms with van der Waals surface area (Å²) in [5, 5.41) is 3.57. The van der Waals surface area contributed by atoms with Gasteiger partial charge in [-0.25, -0.2) is 13.1 Å². The summed E-state index contributed by atoms with van der Waals surface area (Å²) < 4.78 is 27.0. The van der Waals surface area contributed by atoms with Gasteiger partial charge in [-0.15, -0.1) is 0 Å². The Morgan fingerprint density at radius 3 is 2.15 bits per heavy atom. The minimum atomic E-state index is -3.94. The quantitative estimate of drug-likeness (QED) is 0.228. The standard InChI is InChI=1S/C31H25N3O4S2.Na.H/c1-21-7-17-27(18-8-21)40(37,38)34-29(35)20-23-11-15-26(16-12-23)32-31-33-30(36)28(39-31)19-22-9-13-25(14-10-22)24-5-3-2-4-6-24;;/h2-19H,20H2,1H3,(H,34,35)(H,32,33,36);;. The molecule has 0 aromatic heterocycles. The SMILES string of the molecule is Cc1ccc(S(=O)(=O)NC(=O)Cc2ccc(NC3=NC(=O)C(=Cc4ccc(-c5ccccc5)cc4)S3)cc2)cc1.[NaH]. The number of nitrogens with zero attached hydrogens (tertiary/aromatic N) is 1. The monoisotopic (exact) mass is 591 g/mol. The second kappa shape index (κ2) is 13.5. The number of carbonyl (C=O) groups excluding carboxylic acids is 2. The fraction of sp³-hybridized carbons (Fsp3) is 0.0645. The van der Waals surface area contributed by atoms with Crippen molar-refractivity contribution < 1.29 is 18.0 Å². The zero-order valence-electron chi connectivity index (χ0n) is 21.5. The van der Waals surface area contributed by atoms with Crippen LogP contribution in [0.5, 0.6) is 0 Å². The van der Waals surface area contributed by atoms with E-state index in [0.29, 0.717) is 21.3 Å². The van der Waals surface area contributed by atoms with E-state index in [0.717, 1.165) is 22.3 Å². The molecule has 0 radical (unpaired) electrons. The van der Waals surface area contributed by atoms with Crippen molar-refractivity contribution in [1.29, 1.82) is 0 Å². The van der Waals surface area contributed by atoms with Gasteiger partial charge in [0.1, 0.15) is 0 Å². The summed E-state index contributed by atoms with van der Waals surface area (Å²) in [6.07, 6.45) is 1.71. The maximum absolute atomic E-state index is 12.5. The third-order valence-electron chi connectivity index (χ3n) is 6.09. The first kappa shape index (κ1) is 30.5. The Balaban J connectivity index is 0.00000387. The molecule has 2 N–H and O–H groups in total. The van der Waals surface area contributed by atoms with E-state index in [1.807, 2.05) is 67.6 Å². The summed E-state index contributed by atoms with van der Waals surface area (Å²) in [4.78, 5) is 29.5. The van der Waals surface area contributed by atoms with Crippen LogP contribution in [0.25, 0.3) is 17.2 Å². The number of amidine groups is 1. The van der Waals surface area contributed by atoms with Gasteiger partial charge in [-0.05, 0) is 71.3 Å². The summed E-state index contributed by atoms with van der Waals surface area (Å²) in [6.45, 7) is 1.85. The Morgan fingerprint density at radius 1 is 0.854 bits per heavy atom. The topological polar surface area (TPSA) is 105 Å². The van der Waals surface area contributed by atoms with E-state index in [9.17, 15) is 18.0 Å². The van der Waals surface area contributed by atoms with E-state index in [1.54, 1.807) is 36.4 Å². The third-order valence-corrected chi connectivity index (χ3v) is 8.37. The number of sulfonamides is 1. The summed E-state index contributed by atoms with van der Waals surface area (Å²) in [5.41, 5.74) is 5.37. The molecule has 10 heteroatoms. The van der Waals surface area contributed by atoms with Crippen LogP contribution >= 0.6 is 11.8 Å². The fourth-order valence-corrected chi connectivity index (χ4v) is 5.81. The van der Waals surface area contributed by atoms with Crippen LogP contribution in [0.2, 0.25) is 0 Å². The van der Waals surface area contributed by atoms with Gasteiger partial charge in [0.15, 0.2) is 5.17 Å². The number of carbonyl (C=O) groups is 2. The Labute approximate surface area is 265 Å². The van der Waals surface area contributed by atoms with Crippen LogP contribution in [0.1, 0.15) is 16.7 Å². The van der Waals surface area contributed by atoms with Gasteiger partial charge in [0, 0.05) is 5.69 Å². The number of amides is 2. The second-order valence-corrected chi connectivity index (χ2v) is 11.9. The van der Waals surface area contributed by atoms with Crippen molar-refractivity contribution in [3.8, 4) is 11.1 Å². The summed E-state index contributed by atoms with van der Waals surface area (Å²) in [7, 11) is -3.94. The van der Waals surface area contributed by atoms with Crippen molar-refractivity contribution in [3.05, 3.63) is 125 Å². The van der Waals surface area contributed by atoms with Gasteiger partial charge in [-0.2, -0.15) is 4.99 Å². The molecule has 1 heterocycles. The normalized spacial score (nSPS) is 13.8. The van der Waals surface area contributed by atoms with Crippen molar-refractivity contribution >= 4 is 80.1 Å².